The van der Waals surface area contributed by atoms with Crippen LogP contribution in [0.1, 0.15) is 25.7 Å². The summed E-state index contributed by atoms with van der Waals surface area (Å²) in [6.45, 7) is 2.64. The van der Waals surface area contributed by atoms with Crippen LogP contribution < -0.4 is 0 Å². The highest BCUT2D eigenvalue weighted by Gasteiger charge is 2.01. The Hall–Kier alpha value is -1.36. The summed E-state index contributed by atoms with van der Waals surface area (Å²) in [6, 6.07) is 0. The highest BCUT2D eigenvalue weighted by molar-refractivity contribution is 5.89. The molecule has 1 heterocycles. The molecule has 0 aromatic carbocycles. The zero-order valence-corrected chi connectivity index (χ0v) is 9.56. The normalized spacial score (nSPS) is 17.3. The lowest BCUT2D eigenvalue weighted by atomic mass is 10.2. The van der Waals surface area contributed by atoms with Gasteiger partial charge in [-0.15, -0.1) is 0 Å². The summed E-state index contributed by atoms with van der Waals surface area (Å²) >= 11 is 0. The summed E-state index contributed by atoms with van der Waals surface area (Å²) in [5, 5.41) is 15.6. The van der Waals surface area contributed by atoms with Crippen LogP contribution in [-0.2, 0) is 9.59 Å². The Morgan fingerprint density at radius 1 is 0.938 bits per heavy atom. The number of carboxylic acid groups (broad SMARTS) is 2. The minimum Gasteiger partial charge on any atom is -0.478 e. The molecule has 0 atom stereocenters. The predicted octanol–water partition coefficient (Wildman–Crippen LogP) is 1.20. The quantitative estimate of drug-likeness (QED) is 0.696. The highest BCUT2D eigenvalue weighted by Crippen LogP contribution is 2.06. The monoisotopic (exact) mass is 229 g/mol. The molecule has 0 bridgehead atoms. The minimum atomic E-state index is -1.26. The maximum atomic E-state index is 9.55. The Morgan fingerprint density at radius 2 is 1.31 bits per heavy atom. The van der Waals surface area contributed by atoms with E-state index in [1.165, 1.54) is 38.8 Å². The largest absolute Gasteiger partial charge is 0.478 e. The molecule has 5 nitrogen and oxygen atoms in total. The zero-order valence-electron chi connectivity index (χ0n) is 9.56. The molecule has 1 saturated heterocycles. The van der Waals surface area contributed by atoms with Gasteiger partial charge >= 0.3 is 11.9 Å². The lowest BCUT2D eigenvalue weighted by Gasteiger charge is -2.10. The fraction of sp³-hybridized carbons (Fsp3) is 0.636. The first-order valence-corrected chi connectivity index (χ1v) is 5.35. The van der Waals surface area contributed by atoms with Crippen molar-refractivity contribution in [3.05, 3.63) is 12.2 Å². The lowest BCUT2D eigenvalue weighted by Crippen LogP contribution is -2.18. The fourth-order valence-corrected chi connectivity index (χ4v) is 1.37. The molecule has 92 valence electrons. The summed E-state index contributed by atoms with van der Waals surface area (Å²) in [6.07, 6.45) is 6.84. The summed E-state index contributed by atoms with van der Waals surface area (Å²) in [7, 11) is 2.21. The molecule has 2 N–H and O–H groups in total. The fourth-order valence-electron chi connectivity index (χ4n) is 1.37. The third-order valence-corrected chi connectivity index (χ3v) is 2.20. The Bertz CT molecular complexity index is 226. The SMILES string of the molecule is CN1CCCCCC1.O=C(O)/C=C\C(=O)O. The molecule has 0 aliphatic carbocycles. The summed E-state index contributed by atoms with van der Waals surface area (Å²) in [5.74, 6) is -2.51. The summed E-state index contributed by atoms with van der Waals surface area (Å²) < 4.78 is 0. The number of hydrogen-bond donors (Lipinski definition) is 2. The second kappa shape index (κ2) is 8.91. The van der Waals surface area contributed by atoms with Crippen molar-refractivity contribution in [3.8, 4) is 0 Å². The molecule has 16 heavy (non-hydrogen) atoms. The summed E-state index contributed by atoms with van der Waals surface area (Å²) in [5.41, 5.74) is 0. The van der Waals surface area contributed by atoms with Crippen molar-refractivity contribution in [2.24, 2.45) is 0 Å². The van der Waals surface area contributed by atoms with Gasteiger partial charge in [-0.05, 0) is 33.0 Å². The Kier molecular flexibility index (Phi) is 8.15. The van der Waals surface area contributed by atoms with Crippen LogP contribution in [0.4, 0.5) is 0 Å². The van der Waals surface area contributed by atoms with Crippen molar-refractivity contribution in [1.82, 2.24) is 4.90 Å². The number of likely N-dealkylation sites (tertiary alicyclic amines) is 1. The van der Waals surface area contributed by atoms with Gasteiger partial charge in [-0.1, -0.05) is 12.8 Å². The van der Waals surface area contributed by atoms with E-state index in [0.717, 1.165) is 0 Å². The summed E-state index contributed by atoms with van der Waals surface area (Å²) in [4.78, 5) is 21.5. The molecular formula is C11H19NO4. The second-order valence-electron chi connectivity index (χ2n) is 3.73. The van der Waals surface area contributed by atoms with Crippen molar-refractivity contribution in [1.29, 1.82) is 0 Å². The molecule has 0 unspecified atom stereocenters. The topological polar surface area (TPSA) is 77.8 Å². The maximum absolute atomic E-state index is 9.55. The minimum absolute atomic E-state index is 0.558. The van der Waals surface area contributed by atoms with Gasteiger partial charge in [0, 0.05) is 12.2 Å². The smallest absolute Gasteiger partial charge is 0.328 e. The van der Waals surface area contributed by atoms with Crippen molar-refractivity contribution in [3.63, 3.8) is 0 Å². The first kappa shape index (κ1) is 14.6. The van der Waals surface area contributed by atoms with Crippen LogP contribution in [-0.4, -0.2) is 47.2 Å². The molecular weight excluding hydrogens is 210 g/mol. The van der Waals surface area contributed by atoms with E-state index in [4.69, 9.17) is 10.2 Å². The number of hydrogen-bond acceptors (Lipinski definition) is 3. The van der Waals surface area contributed by atoms with Crippen LogP contribution in [0.2, 0.25) is 0 Å². The van der Waals surface area contributed by atoms with Gasteiger partial charge in [0.25, 0.3) is 0 Å². The van der Waals surface area contributed by atoms with Crippen molar-refractivity contribution in [2.45, 2.75) is 25.7 Å². The molecule has 0 aromatic rings. The molecule has 0 aromatic heterocycles. The Labute approximate surface area is 95.4 Å². The van der Waals surface area contributed by atoms with Crippen molar-refractivity contribution < 1.29 is 19.8 Å². The maximum Gasteiger partial charge on any atom is 0.328 e. The molecule has 0 saturated carbocycles. The van der Waals surface area contributed by atoms with E-state index in [0.29, 0.717) is 12.2 Å². The molecule has 0 radical (unpaired) electrons. The zero-order chi connectivity index (χ0) is 12.4. The third-order valence-electron chi connectivity index (χ3n) is 2.20. The molecule has 1 rings (SSSR count). The lowest BCUT2D eigenvalue weighted by molar-refractivity contribution is -0.134. The number of nitrogens with zero attached hydrogens (tertiary/aromatic N) is 1. The van der Waals surface area contributed by atoms with Gasteiger partial charge in [0.15, 0.2) is 0 Å². The van der Waals surface area contributed by atoms with E-state index in [1.807, 2.05) is 0 Å². The standard InChI is InChI=1S/C7H15N.C4H4O4/c1-8-6-4-2-3-5-7-8;5-3(6)1-2-4(7)8/h2-7H2,1H3;1-2H,(H,5,6)(H,7,8)/b;2-1-. The Balaban J connectivity index is 0.000000281. The molecule has 1 aliphatic rings. The highest BCUT2D eigenvalue weighted by atomic mass is 16.4. The average molecular weight is 229 g/mol. The van der Waals surface area contributed by atoms with Gasteiger partial charge in [-0.2, -0.15) is 0 Å². The van der Waals surface area contributed by atoms with Gasteiger partial charge in [-0.3, -0.25) is 0 Å². The third kappa shape index (κ3) is 10.7. The van der Waals surface area contributed by atoms with E-state index in [2.05, 4.69) is 11.9 Å². The number of rotatable bonds is 2. The molecule has 0 amide bonds. The number of carbonyl (C=O) groups is 2. The van der Waals surface area contributed by atoms with Crippen LogP contribution >= 0.6 is 0 Å². The van der Waals surface area contributed by atoms with E-state index >= 15 is 0 Å². The van der Waals surface area contributed by atoms with Gasteiger partial charge in [0.2, 0.25) is 0 Å². The van der Waals surface area contributed by atoms with Crippen molar-refractivity contribution in [2.75, 3.05) is 20.1 Å². The second-order valence-corrected chi connectivity index (χ2v) is 3.73. The van der Waals surface area contributed by atoms with E-state index in [9.17, 15) is 9.59 Å². The number of aliphatic carboxylic acids is 2. The van der Waals surface area contributed by atoms with Crippen LogP contribution in [0, 0.1) is 0 Å². The molecule has 5 heteroatoms. The van der Waals surface area contributed by atoms with E-state index < -0.39 is 11.9 Å². The van der Waals surface area contributed by atoms with Crippen LogP contribution in [0.5, 0.6) is 0 Å². The van der Waals surface area contributed by atoms with E-state index in [1.54, 1.807) is 0 Å². The first-order valence-electron chi connectivity index (χ1n) is 5.35. The van der Waals surface area contributed by atoms with Gasteiger partial charge in [0.1, 0.15) is 0 Å². The molecule has 0 spiro atoms. The average Bonchev–Trinajstić information content (AvgIpc) is 2.44. The van der Waals surface area contributed by atoms with Gasteiger partial charge < -0.3 is 15.1 Å². The Morgan fingerprint density at radius 3 is 1.62 bits per heavy atom. The van der Waals surface area contributed by atoms with Crippen LogP contribution in [0.25, 0.3) is 0 Å². The van der Waals surface area contributed by atoms with E-state index in [-0.39, 0.29) is 0 Å². The van der Waals surface area contributed by atoms with Gasteiger partial charge in [0.05, 0.1) is 0 Å². The van der Waals surface area contributed by atoms with Crippen LogP contribution in [0.15, 0.2) is 12.2 Å². The molecule has 1 aliphatic heterocycles. The van der Waals surface area contributed by atoms with Crippen LogP contribution in [0.3, 0.4) is 0 Å². The van der Waals surface area contributed by atoms with Gasteiger partial charge in [-0.25, -0.2) is 9.59 Å². The molecule has 1 fully saturated rings. The number of carboxylic acids is 2. The predicted molar refractivity (Wildman–Crippen MR) is 60.4 cm³/mol. The van der Waals surface area contributed by atoms with Crippen molar-refractivity contribution >= 4 is 11.9 Å². The first-order chi connectivity index (χ1) is 7.52.